The summed E-state index contributed by atoms with van der Waals surface area (Å²) in [6.07, 6.45) is 3.28. The van der Waals surface area contributed by atoms with Crippen molar-refractivity contribution in [1.82, 2.24) is 14.8 Å². The quantitative estimate of drug-likeness (QED) is 0.757. The number of anilines is 1. The first-order valence-corrected chi connectivity index (χ1v) is 5.62. The van der Waals surface area contributed by atoms with Gasteiger partial charge in [-0.2, -0.15) is 0 Å². The van der Waals surface area contributed by atoms with Crippen molar-refractivity contribution in [2.75, 3.05) is 11.9 Å². The van der Waals surface area contributed by atoms with E-state index in [0.29, 0.717) is 18.6 Å². The van der Waals surface area contributed by atoms with E-state index in [2.05, 4.69) is 33.9 Å². The third kappa shape index (κ3) is 2.28. The fourth-order valence-electron chi connectivity index (χ4n) is 1.67. The molecule has 2 rings (SSSR count). The summed E-state index contributed by atoms with van der Waals surface area (Å²) in [6.45, 7) is 4.90. The minimum absolute atomic E-state index is 0.378. The number of nitrogens with zero attached hydrogens (tertiary/aromatic N) is 3. The van der Waals surface area contributed by atoms with Gasteiger partial charge in [0.1, 0.15) is 5.82 Å². The van der Waals surface area contributed by atoms with Gasteiger partial charge in [-0.1, -0.05) is 0 Å². The van der Waals surface area contributed by atoms with Crippen LogP contribution >= 0.6 is 0 Å². The minimum atomic E-state index is 0.378. The SMILES string of the molecule is CC(C)n1c(CCN)nnc1NC1CC1. The Hall–Kier alpha value is -1.10. The summed E-state index contributed by atoms with van der Waals surface area (Å²) in [6, 6.07) is 0.986. The lowest BCUT2D eigenvalue weighted by Gasteiger charge is -2.14. The summed E-state index contributed by atoms with van der Waals surface area (Å²) in [5.74, 6) is 1.88. The van der Waals surface area contributed by atoms with E-state index in [-0.39, 0.29) is 0 Å². The zero-order chi connectivity index (χ0) is 10.8. The van der Waals surface area contributed by atoms with Crippen LogP contribution in [0.5, 0.6) is 0 Å². The molecule has 84 valence electrons. The van der Waals surface area contributed by atoms with Crippen LogP contribution in [-0.2, 0) is 6.42 Å². The Morgan fingerprint density at radius 2 is 2.20 bits per heavy atom. The maximum absolute atomic E-state index is 5.55. The zero-order valence-corrected chi connectivity index (χ0v) is 9.40. The van der Waals surface area contributed by atoms with Gasteiger partial charge in [0.15, 0.2) is 0 Å². The normalized spacial score (nSPS) is 16.0. The average Bonchev–Trinajstić information content (AvgIpc) is 2.88. The lowest BCUT2D eigenvalue weighted by atomic mass is 10.3. The Labute approximate surface area is 90.1 Å². The van der Waals surface area contributed by atoms with E-state index in [0.717, 1.165) is 18.2 Å². The van der Waals surface area contributed by atoms with Crippen LogP contribution in [0.1, 0.15) is 38.6 Å². The standard InChI is InChI=1S/C10H19N5/c1-7(2)15-9(5-6-11)13-14-10(15)12-8-3-4-8/h7-8H,3-6,11H2,1-2H3,(H,12,14). The van der Waals surface area contributed by atoms with E-state index in [1.807, 2.05) is 0 Å². The molecule has 0 bridgehead atoms. The molecule has 0 saturated heterocycles. The van der Waals surface area contributed by atoms with Crippen molar-refractivity contribution in [2.45, 2.75) is 45.2 Å². The van der Waals surface area contributed by atoms with Gasteiger partial charge in [-0.3, -0.25) is 4.57 Å². The number of hydrogen-bond acceptors (Lipinski definition) is 4. The predicted molar refractivity (Wildman–Crippen MR) is 59.8 cm³/mol. The monoisotopic (exact) mass is 209 g/mol. The number of hydrogen-bond donors (Lipinski definition) is 2. The van der Waals surface area contributed by atoms with Gasteiger partial charge in [0, 0.05) is 18.5 Å². The first kappa shape index (κ1) is 10.4. The van der Waals surface area contributed by atoms with Gasteiger partial charge in [0.25, 0.3) is 0 Å². The molecule has 1 heterocycles. The Morgan fingerprint density at radius 3 is 2.73 bits per heavy atom. The molecule has 1 aliphatic carbocycles. The minimum Gasteiger partial charge on any atom is -0.352 e. The van der Waals surface area contributed by atoms with Crippen LogP contribution in [-0.4, -0.2) is 27.4 Å². The van der Waals surface area contributed by atoms with Crippen LogP contribution in [0.3, 0.4) is 0 Å². The summed E-state index contributed by atoms with van der Waals surface area (Å²) < 4.78 is 2.14. The second-order valence-electron chi connectivity index (χ2n) is 4.36. The fourth-order valence-corrected chi connectivity index (χ4v) is 1.67. The van der Waals surface area contributed by atoms with Gasteiger partial charge >= 0.3 is 0 Å². The molecule has 0 aliphatic heterocycles. The molecule has 3 N–H and O–H groups in total. The lowest BCUT2D eigenvalue weighted by molar-refractivity contribution is 0.571. The molecule has 1 fully saturated rings. The van der Waals surface area contributed by atoms with E-state index in [1.165, 1.54) is 12.8 Å². The predicted octanol–water partition coefficient (Wildman–Crippen LogP) is 0.934. The molecule has 15 heavy (non-hydrogen) atoms. The largest absolute Gasteiger partial charge is 0.352 e. The van der Waals surface area contributed by atoms with Crippen LogP contribution in [0.4, 0.5) is 5.95 Å². The third-order valence-electron chi connectivity index (χ3n) is 2.56. The second kappa shape index (κ2) is 4.18. The molecule has 1 aliphatic rings. The molecule has 5 nitrogen and oxygen atoms in total. The molecular weight excluding hydrogens is 190 g/mol. The highest BCUT2D eigenvalue weighted by atomic mass is 15.4. The van der Waals surface area contributed by atoms with Crippen molar-refractivity contribution in [3.05, 3.63) is 5.82 Å². The number of nitrogens with two attached hydrogens (primary N) is 1. The molecule has 0 atom stereocenters. The van der Waals surface area contributed by atoms with Crippen molar-refractivity contribution < 1.29 is 0 Å². The highest BCUT2D eigenvalue weighted by Gasteiger charge is 2.24. The second-order valence-corrected chi connectivity index (χ2v) is 4.36. The summed E-state index contributed by atoms with van der Waals surface area (Å²) >= 11 is 0. The van der Waals surface area contributed by atoms with E-state index in [1.54, 1.807) is 0 Å². The van der Waals surface area contributed by atoms with Gasteiger partial charge in [0.05, 0.1) is 0 Å². The molecular formula is C10H19N5. The van der Waals surface area contributed by atoms with Crippen LogP contribution in [0.2, 0.25) is 0 Å². The number of rotatable bonds is 5. The van der Waals surface area contributed by atoms with E-state index >= 15 is 0 Å². The topological polar surface area (TPSA) is 68.8 Å². The summed E-state index contributed by atoms with van der Waals surface area (Å²) in [5.41, 5.74) is 5.55. The van der Waals surface area contributed by atoms with Crippen molar-refractivity contribution in [3.63, 3.8) is 0 Å². The maximum Gasteiger partial charge on any atom is 0.225 e. The van der Waals surface area contributed by atoms with Gasteiger partial charge in [-0.05, 0) is 33.2 Å². The van der Waals surface area contributed by atoms with E-state index in [9.17, 15) is 0 Å². The molecule has 1 aromatic rings. The maximum atomic E-state index is 5.55. The zero-order valence-electron chi connectivity index (χ0n) is 9.40. The average molecular weight is 209 g/mol. The molecule has 0 aromatic carbocycles. The Morgan fingerprint density at radius 1 is 1.47 bits per heavy atom. The van der Waals surface area contributed by atoms with Crippen molar-refractivity contribution in [1.29, 1.82) is 0 Å². The summed E-state index contributed by atoms with van der Waals surface area (Å²) in [5, 5.41) is 11.8. The smallest absolute Gasteiger partial charge is 0.225 e. The summed E-state index contributed by atoms with van der Waals surface area (Å²) in [4.78, 5) is 0. The molecule has 1 saturated carbocycles. The van der Waals surface area contributed by atoms with Crippen molar-refractivity contribution in [2.24, 2.45) is 5.73 Å². The van der Waals surface area contributed by atoms with Crippen LogP contribution < -0.4 is 11.1 Å². The highest BCUT2D eigenvalue weighted by molar-refractivity contribution is 5.30. The van der Waals surface area contributed by atoms with Crippen LogP contribution in [0.25, 0.3) is 0 Å². The molecule has 5 heteroatoms. The lowest BCUT2D eigenvalue weighted by Crippen LogP contribution is -2.15. The Kier molecular flexibility index (Phi) is 2.90. The first-order chi connectivity index (χ1) is 7.22. The molecule has 0 amide bonds. The number of nitrogens with one attached hydrogen (secondary N) is 1. The summed E-state index contributed by atoms with van der Waals surface area (Å²) in [7, 11) is 0. The molecule has 0 radical (unpaired) electrons. The molecule has 1 aromatic heterocycles. The molecule has 0 spiro atoms. The van der Waals surface area contributed by atoms with Crippen molar-refractivity contribution >= 4 is 5.95 Å². The van der Waals surface area contributed by atoms with Gasteiger partial charge in [-0.25, -0.2) is 0 Å². The van der Waals surface area contributed by atoms with Gasteiger partial charge in [0.2, 0.25) is 5.95 Å². The Bertz CT molecular complexity index is 327. The highest BCUT2D eigenvalue weighted by Crippen LogP contribution is 2.25. The first-order valence-electron chi connectivity index (χ1n) is 5.62. The fraction of sp³-hybridized carbons (Fsp3) is 0.800. The van der Waals surface area contributed by atoms with E-state index in [4.69, 9.17) is 5.73 Å². The van der Waals surface area contributed by atoms with Gasteiger partial charge < -0.3 is 11.1 Å². The van der Waals surface area contributed by atoms with E-state index < -0.39 is 0 Å². The van der Waals surface area contributed by atoms with Crippen LogP contribution in [0, 0.1) is 0 Å². The third-order valence-corrected chi connectivity index (χ3v) is 2.56. The van der Waals surface area contributed by atoms with Gasteiger partial charge in [-0.15, -0.1) is 10.2 Å². The molecule has 0 unspecified atom stereocenters. The van der Waals surface area contributed by atoms with Crippen molar-refractivity contribution in [3.8, 4) is 0 Å². The number of aromatic nitrogens is 3. The van der Waals surface area contributed by atoms with Crippen LogP contribution in [0.15, 0.2) is 0 Å². The Balaban J connectivity index is 2.19.